The Morgan fingerprint density at radius 2 is 2.12 bits per heavy atom. The van der Waals surface area contributed by atoms with E-state index >= 15 is 0 Å². The molecule has 4 nitrogen and oxygen atoms in total. The Kier molecular flexibility index (Phi) is 5.49. The highest BCUT2D eigenvalue weighted by atomic mass is 16.5. The molecule has 3 N–H and O–H groups in total. The number of likely N-dealkylation sites (N-methyl/N-ethyl adjacent to an activating group) is 1. The lowest BCUT2D eigenvalue weighted by atomic mass is 9.82. The van der Waals surface area contributed by atoms with E-state index in [1.807, 2.05) is 12.1 Å². The van der Waals surface area contributed by atoms with Gasteiger partial charge in [-0.05, 0) is 73.5 Å². The highest BCUT2D eigenvalue weighted by Gasteiger charge is 2.23. The lowest BCUT2D eigenvalue weighted by molar-refractivity contribution is 0.299. The average molecular weight is 340 g/mol. The van der Waals surface area contributed by atoms with Crippen LogP contribution in [0.15, 0.2) is 36.4 Å². The number of hydrogen-bond donors (Lipinski definition) is 2. The molecule has 0 unspecified atom stereocenters. The first kappa shape index (κ1) is 17.6. The van der Waals surface area contributed by atoms with E-state index in [1.165, 1.54) is 24.0 Å². The van der Waals surface area contributed by atoms with Gasteiger partial charge in [-0.25, -0.2) is 0 Å². The topological polar surface area (TPSA) is 58.7 Å². The second-order valence-corrected chi connectivity index (χ2v) is 7.02. The van der Waals surface area contributed by atoms with E-state index < -0.39 is 0 Å². The molecule has 2 aromatic carbocycles. The second kappa shape index (κ2) is 7.79. The number of rotatable bonds is 6. The zero-order valence-corrected chi connectivity index (χ0v) is 15.2. The summed E-state index contributed by atoms with van der Waals surface area (Å²) in [6.07, 6.45) is 4.50. The molecule has 1 atom stereocenters. The van der Waals surface area contributed by atoms with Crippen molar-refractivity contribution in [3.05, 3.63) is 53.1 Å². The molecule has 1 aliphatic carbocycles. The molecule has 2 aromatic rings. The molecule has 0 aliphatic heterocycles. The van der Waals surface area contributed by atoms with Gasteiger partial charge in [0.2, 0.25) is 0 Å². The third kappa shape index (κ3) is 4.07. The van der Waals surface area contributed by atoms with Crippen LogP contribution in [0.2, 0.25) is 0 Å². The van der Waals surface area contributed by atoms with Gasteiger partial charge in [-0.15, -0.1) is 0 Å². The molecule has 0 spiro atoms. The van der Waals surface area contributed by atoms with Crippen LogP contribution in [-0.2, 0) is 12.8 Å². The summed E-state index contributed by atoms with van der Waals surface area (Å²) in [5.41, 5.74) is 10.2. The van der Waals surface area contributed by atoms with Crippen LogP contribution in [0.25, 0.3) is 0 Å². The first-order valence-electron chi connectivity index (χ1n) is 9.00. The van der Waals surface area contributed by atoms with E-state index in [0.717, 1.165) is 37.2 Å². The maximum atomic E-state index is 9.53. The number of phenols is 1. The fourth-order valence-electron chi connectivity index (χ4n) is 3.84. The van der Waals surface area contributed by atoms with E-state index in [9.17, 15) is 5.11 Å². The van der Waals surface area contributed by atoms with Crippen LogP contribution in [0.5, 0.6) is 11.5 Å². The van der Waals surface area contributed by atoms with Crippen LogP contribution in [-0.4, -0.2) is 37.3 Å². The number of nitrogen functional groups attached to an aromatic ring is 1. The molecule has 4 heteroatoms. The van der Waals surface area contributed by atoms with Crippen LogP contribution in [0.3, 0.4) is 0 Å². The van der Waals surface area contributed by atoms with Crippen molar-refractivity contribution in [1.29, 1.82) is 0 Å². The second-order valence-electron chi connectivity index (χ2n) is 7.02. The number of hydrogen-bond acceptors (Lipinski definition) is 4. The summed E-state index contributed by atoms with van der Waals surface area (Å²) in [4.78, 5) is 2.39. The minimum atomic E-state index is 0.157. The van der Waals surface area contributed by atoms with Crippen molar-refractivity contribution in [1.82, 2.24) is 4.90 Å². The number of fused-ring (bicyclic) bond motifs is 1. The Balaban J connectivity index is 1.62. The Hall–Kier alpha value is -2.20. The van der Waals surface area contributed by atoms with E-state index in [1.54, 1.807) is 13.2 Å². The molecule has 0 aromatic heterocycles. The van der Waals surface area contributed by atoms with E-state index in [-0.39, 0.29) is 5.75 Å². The zero-order chi connectivity index (χ0) is 17.8. The lowest BCUT2D eigenvalue weighted by Crippen LogP contribution is -2.28. The third-order valence-electron chi connectivity index (χ3n) is 5.21. The van der Waals surface area contributed by atoms with Crippen LogP contribution in [0.1, 0.15) is 35.4 Å². The van der Waals surface area contributed by atoms with Gasteiger partial charge in [-0.3, -0.25) is 0 Å². The van der Waals surface area contributed by atoms with Gasteiger partial charge >= 0.3 is 0 Å². The standard InChI is InChI=1S/C21H28N2O2/c1-23(12-11-15-9-10-20(24)19(22)13-15)14-16-5-3-7-18-17(16)6-4-8-21(18)25-2/h4,6,8-10,13,16,24H,3,5,7,11-12,14,22H2,1-2H3/t16-/m0/s1. The van der Waals surface area contributed by atoms with E-state index in [2.05, 4.69) is 30.1 Å². The van der Waals surface area contributed by atoms with Gasteiger partial charge in [0, 0.05) is 13.1 Å². The molecule has 0 heterocycles. The molecule has 0 amide bonds. The molecular weight excluding hydrogens is 312 g/mol. The van der Waals surface area contributed by atoms with Gasteiger partial charge in [0.05, 0.1) is 12.8 Å². The fourth-order valence-corrected chi connectivity index (χ4v) is 3.84. The van der Waals surface area contributed by atoms with Crippen molar-refractivity contribution in [3.63, 3.8) is 0 Å². The van der Waals surface area contributed by atoms with Crippen LogP contribution >= 0.6 is 0 Å². The number of methoxy groups -OCH3 is 1. The molecule has 0 saturated heterocycles. The molecule has 0 bridgehead atoms. The predicted molar refractivity (Wildman–Crippen MR) is 102 cm³/mol. The smallest absolute Gasteiger partial charge is 0.138 e. The summed E-state index contributed by atoms with van der Waals surface area (Å²) in [6, 6.07) is 11.9. The Labute approximate surface area is 150 Å². The molecule has 3 rings (SSSR count). The van der Waals surface area contributed by atoms with Gasteiger partial charge in [0.1, 0.15) is 11.5 Å². The lowest BCUT2D eigenvalue weighted by Gasteiger charge is -2.30. The molecule has 25 heavy (non-hydrogen) atoms. The van der Waals surface area contributed by atoms with Gasteiger partial charge < -0.3 is 20.5 Å². The maximum absolute atomic E-state index is 9.53. The predicted octanol–water partition coefficient (Wildman–Crippen LogP) is 3.58. The normalized spacial score (nSPS) is 16.7. The number of ether oxygens (including phenoxy) is 1. The van der Waals surface area contributed by atoms with Gasteiger partial charge in [-0.1, -0.05) is 18.2 Å². The van der Waals surface area contributed by atoms with Crippen molar-refractivity contribution < 1.29 is 9.84 Å². The summed E-state index contributed by atoms with van der Waals surface area (Å²) in [5, 5.41) is 9.53. The summed E-state index contributed by atoms with van der Waals surface area (Å²) in [7, 11) is 3.94. The fraction of sp³-hybridized carbons (Fsp3) is 0.429. The molecular formula is C21H28N2O2. The highest BCUT2D eigenvalue weighted by Crippen LogP contribution is 2.36. The number of aromatic hydroxyl groups is 1. The number of benzene rings is 2. The van der Waals surface area contributed by atoms with Gasteiger partial charge in [0.25, 0.3) is 0 Å². The van der Waals surface area contributed by atoms with E-state index in [4.69, 9.17) is 10.5 Å². The van der Waals surface area contributed by atoms with Gasteiger partial charge in [0.15, 0.2) is 0 Å². The number of phenolic OH excluding ortho intramolecular Hbond substituents is 1. The zero-order valence-electron chi connectivity index (χ0n) is 15.2. The van der Waals surface area contributed by atoms with Crippen molar-refractivity contribution in [2.75, 3.05) is 33.0 Å². The van der Waals surface area contributed by atoms with Crippen LogP contribution < -0.4 is 10.5 Å². The Bertz CT molecular complexity index is 730. The van der Waals surface area contributed by atoms with Gasteiger partial charge in [-0.2, -0.15) is 0 Å². The molecule has 1 aliphatic rings. The first-order valence-corrected chi connectivity index (χ1v) is 9.00. The van der Waals surface area contributed by atoms with Crippen LogP contribution in [0.4, 0.5) is 5.69 Å². The Morgan fingerprint density at radius 1 is 1.28 bits per heavy atom. The maximum Gasteiger partial charge on any atom is 0.138 e. The number of nitrogens with zero attached hydrogens (tertiary/aromatic N) is 1. The summed E-state index contributed by atoms with van der Waals surface area (Å²) in [5.74, 6) is 1.75. The SMILES string of the molecule is COc1cccc2c1CCC[C@H]2CN(C)CCc1ccc(O)c(N)c1. The van der Waals surface area contributed by atoms with E-state index in [0.29, 0.717) is 11.6 Å². The largest absolute Gasteiger partial charge is 0.506 e. The Morgan fingerprint density at radius 3 is 2.88 bits per heavy atom. The van der Waals surface area contributed by atoms with Crippen molar-refractivity contribution in [2.24, 2.45) is 0 Å². The molecule has 0 radical (unpaired) electrons. The highest BCUT2D eigenvalue weighted by molar-refractivity contribution is 5.53. The monoisotopic (exact) mass is 340 g/mol. The summed E-state index contributed by atoms with van der Waals surface area (Å²) in [6.45, 7) is 2.02. The number of nitrogens with two attached hydrogens (primary N) is 1. The van der Waals surface area contributed by atoms with Crippen molar-refractivity contribution >= 4 is 5.69 Å². The molecule has 134 valence electrons. The molecule has 0 saturated carbocycles. The summed E-state index contributed by atoms with van der Waals surface area (Å²) >= 11 is 0. The first-order chi connectivity index (χ1) is 12.1. The average Bonchev–Trinajstić information content (AvgIpc) is 2.62. The quantitative estimate of drug-likeness (QED) is 0.623. The minimum Gasteiger partial charge on any atom is -0.506 e. The molecule has 0 fully saturated rings. The summed E-state index contributed by atoms with van der Waals surface area (Å²) < 4.78 is 5.55. The van der Waals surface area contributed by atoms with Crippen molar-refractivity contribution in [3.8, 4) is 11.5 Å². The van der Waals surface area contributed by atoms with Crippen LogP contribution in [0, 0.1) is 0 Å². The minimum absolute atomic E-state index is 0.157. The number of anilines is 1. The third-order valence-corrected chi connectivity index (χ3v) is 5.21. The van der Waals surface area contributed by atoms with Crippen molar-refractivity contribution in [2.45, 2.75) is 31.6 Å².